The smallest absolute Gasteiger partial charge is 0.407 e. The molecule has 156 valence electrons. The minimum atomic E-state index is -3.82. The van der Waals surface area contributed by atoms with Crippen molar-refractivity contribution in [2.45, 2.75) is 51.2 Å². The topological polar surface area (TPSA) is 134 Å². The van der Waals surface area contributed by atoms with E-state index in [0.29, 0.717) is 17.2 Å². The second kappa shape index (κ2) is 7.47. The highest BCUT2D eigenvalue weighted by Gasteiger charge is 2.31. The summed E-state index contributed by atoms with van der Waals surface area (Å²) in [4.78, 5) is 11.8. The maximum Gasteiger partial charge on any atom is 0.407 e. The average Bonchev–Trinajstić information content (AvgIpc) is 3.32. The van der Waals surface area contributed by atoms with Crippen molar-refractivity contribution < 1.29 is 22.1 Å². The maximum absolute atomic E-state index is 11.8. The molecular formula is C18H23N5O5S. The second-order valence-electron chi connectivity index (χ2n) is 7.49. The summed E-state index contributed by atoms with van der Waals surface area (Å²) in [7, 11) is -3.82. The van der Waals surface area contributed by atoms with Gasteiger partial charge in [-0.1, -0.05) is 6.07 Å². The molecule has 1 aromatic heterocycles. The highest BCUT2D eigenvalue weighted by Crippen LogP contribution is 2.41. The number of aromatic nitrogens is 2. The van der Waals surface area contributed by atoms with Crippen LogP contribution in [0.2, 0.25) is 0 Å². The van der Waals surface area contributed by atoms with E-state index in [1.165, 1.54) is 0 Å². The molecule has 4 N–H and O–H groups in total. The van der Waals surface area contributed by atoms with Gasteiger partial charge < -0.3 is 19.6 Å². The Balaban J connectivity index is 1.39. The summed E-state index contributed by atoms with van der Waals surface area (Å²) in [5.41, 5.74) is 1.80. The molecule has 11 heteroatoms. The number of aromatic amines is 1. The summed E-state index contributed by atoms with van der Waals surface area (Å²) < 4.78 is 36.0. The van der Waals surface area contributed by atoms with Crippen LogP contribution >= 0.6 is 0 Å². The Labute approximate surface area is 168 Å². The Bertz CT molecular complexity index is 1020. The number of hydrogen-bond acceptors (Lipinski definition) is 7. The van der Waals surface area contributed by atoms with Crippen LogP contribution < -0.4 is 19.5 Å². The number of nitrogens with zero attached hydrogens (tertiary/aromatic N) is 1. The minimum Gasteiger partial charge on any atom is -0.446 e. The van der Waals surface area contributed by atoms with Crippen molar-refractivity contribution in [3.05, 3.63) is 30.0 Å². The van der Waals surface area contributed by atoms with Gasteiger partial charge in [-0.05, 0) is 45.2 Å². The average molecular weight is 421 g/mol. The van der Waals surface area contributed by atoms with Gasteiger partial charge in [0.05, 0.1) is 11.4 Å². The van der Waals surface area contributed by atoms with E-state index in [1.54, 1.807) is 18.2 Å². The fraction of sp³-hybridized carbons (Fsp3) is 0.444. The number of para-hydroxylation sites is 1. The molecule has 4 rings (SSSR count). The zero-order chi connectivity index (χ0) is 20.6. The van der Waals surface area contributed by atoms with Crippen LogP contribution in [-0.4, -0.2) is 36.9 Å². The van der Waals surface area contributed by atoms with Crippen LogP contribution in [-0.2, 0) is 15.0 Å². The van der Waals surface area contributed by atoms with E-state index < -0.39 is 10.3 Å². The summed E-state index contributed by atoms with van der Waals surface area (Å²) in [6.45, 7) is 3.77. The molecule has 0 unspecified atom stereocenters. The number of carbonyl (C=O) groups excluding carboxylic acids is 1. The van der Waals surface area contributed by atoms with Crippen molar-refractivity contribution in [3.8, 4) is 5.75 Å². The van der Waals surface area contributed by atoms with Crippen LogP contribution in [0.15, 0.2) is 24.3 Å². The molecule has 1 aliphatic heterocycles. The zero-order valence-electron chi connectivity index (χ0n) is 16.1. The monoisotopic (exact) mass is 421 g/mol. The first-order valence-electron chi connectivity index (χ1n) is 9.44. The fourth-order valence-electron chi connectivity index (χ4n) is 3.57. The van der Waals surface area contributed by atoms with Gasteiger partial charge in [-0.2, -0.15) is 13.5 Å². The summed E-state index contributed by atoms with van der Waals surface area (Å²) >= 11 is 0. The number of ether oxygens (including phenoxy) is 1. The summed E-state index contributed by atoms with van der Waals surface area (Å²) in [5, 5.41) is 13.1. The van der Waals surface area contributed by atoms with E-state index in [0.717, 1.165) is 25.0 Å². The number of H-pyrrole nitrogens is 1. The van der Waals surface area contributed by atoms with Crippen molar-refractivity contribution in [1.82, 2.24) is 15.5 Å². The number of alkyl carbamates (subject to hydrolysis) is 1. The van der Waals surface area contributed by atoms with Crippen LogP contribution in [0.3, 0.4) is 0 Å². The molecule has 29 heavy (non-hydrogen) atoms. The lowest BCUT2D eigenvalue weighted by Crippen LogP contribution is -2.33. The number of benzene rings is 1. The van der Waals surface area contributed by atoms with Crippen molar-refractivity contribution in [2.75, 3.05) is 10.0 Å². The number of nitrogens with one attached hydrogen (secondary N) is 4. The van der Waals surface area contributed by atoms with Crippen molar-refractivity contribution in [2.24, 2.45) is 0 Å². The van der Waals surface area contributed by atoms with Gasteiger partial charge in [-0.15, -0.1) is 0 Å². The number of rotatable bonds is 5. The minimum absolute atomic E-state index is 0.0366. The van der Waals surface area contributed by atoms with Crippen LogP contribution in [0, 0.1) is 0 Å². The van der Waals surface area contributed by atoms with E-state index in [1.807, 2.05) is 19.9 Å². The number of fused-ring (bicyclic) bond motifs is 1. The van der Waals surface area contributed by atoms with Crippen LogP contribution in [0.1, 0.15) is 44.7 Å². The summed E-state index contributed by atoms with van der Waals surface area (Å²) in [5.74, 6) is 0.959. The number of carbonyl (C=O) groups is 1. The Kier molecular flexibility index (Phi) is 4.99. The van der Waals surface area contributed by atoms with Crippen LogP contribution in [0.5, 0.6) is 5.75 Å². The number of anilines is 3. The Morgan fingerprint density at radius 1 is 1.34 bits per heavy atom. The maximum atomic E-state index is 11.8. The quantitative estimate of drug-likeness (QED) is 0.583. The molecule has 1 aliphatic carbocycles. The van der Waals surface area contributed by atoms with E-state index in [2.05, 4.69) is 25.6 Å². The van der Waals surface area contributed by atoms with E-state index >= 15 is 0 Å². The van der Waals surface area contributed by atoms with Gasteiger partial charge in [0.2, 0.25) is 0 Å². The van der Waals surface area contributed by atoms with E-state index in [9.17, 15) is 13.2 Å². The highest BCUT2D eigenvalue weighted by atomic mass is 32.2. The van der Waals surface area contributed by atoms with Gasteiger partial charge in [-0.25, -0.2) is 9.52 Å². The number of hydrogen-bond donors (Lipinski definition) is 4. The zero-order valence-corrected chi connectivity index (χ0v) is 16.9. The molecular weight excluding hydrogens is 398 g/mol. The fourth-order valence-corrected chi connectivity index (χ4v) is 4.44. The lowest BCUT2D eigenvalue weighted by atomic mass is 10.0. The predicted octanol–water partition coefficient (Wildman–Crippen LogP) is 2.97. The molecule has 0 spiro atoms. The Morgan fingerprint density at radius 2 is 2.17 bits per heavy atom. The predicted molar refractivity (Wildman–Crippen MR) is 107 cm³/mol. The first kappa shape index (κ1) is 19.4. The summed E-state index contributed by atoms with van der Waals surface area (Å²) in [6.07, 6.45) is 1.88. The molecule has 0 radical (unpaired) electrons. The van der Waals surface area contributed by atoms with Crippen LogP contribution in [0.25, 0.3) is 0 Å². The SMILES string of the molecule is CC(C)NC(=O)O[C@@H]1CC[C@H](c2cc(Nc3cccc4c3OS(=O)(=O)N4)n[nH]2)C1. The molecule has 10 nitrogen and oxygen atoms in total. The van der Waals surface area contributed by atoms with Crippen molar-refractivity contribution >= 4 is 33.6 Å². The Morgan fingerprint density at radius 3 is 2.97 bits per heavy atom. The molecule has 2 aromatic rings. The molecule has 1 saturated carbocycles. The third-order valence-corrected chi connectivity index (χ3v) is 5.66. The molecule has 2 atom stereocenters. The largest absolute Gasteiger partial charge is 0.446 e. The lowest BCUT2D eigenvalue weighted by molar-refractivity contribution is 0.0981. The molecule has 1 aromatic carbocycles. The molecule has 1 fully saturated rings. The summed E-state index contributed by atoms with van der Waals surface area (Å²) in [6, 6.07) is 6.96. The van der Waals surface area contributed by atoms with E-state index in [-0.39, 0.29) is 29.9 Å². The first-order valence-corrected chi connectivity index (χ1v) is 10.8. The van der Waals surface area contributed by atoms with Gasteiger partial charge in [0.15, 0.2) is 11.6 Å². The van der Waals surface area contributed by atoms with Crippen molar-refractivity contribution in [3.63, 3.8) is 0 Å². The highest BCUT2D eigenvalue weighted by molar-refractivity contribution is 7.88. The van der Waals surface area contributed by atoms with Gasteiger partial charge >= 0.3 is 16.4 Å². The normalized spacial score (nSPS) is 21.9. The van der Waals surface area contributed by atoms with Gasteiger partial charge in [-0.3, -0.25) is 5.10 Å². The number of amides is 1. The third-order valence-electron chi connectivity index (χ3n) is 4.81. The van der Waals surface area contributed by atoms with Crippen LogP contribution in [0.4, 0.5) is 22.0 Å². The van der Waals surface area contributed by atoms with E-state index in [4.69, 9.17) is 8.92 Å². The lowest BCUT2D eigenvalue weighted by Gasteiger charge is -2.14. The molecule has 2 aliphatic rings. The second-order valence-corrected chi connectivity index (χ2v) is 8.77. The Hall–Kier alpha value is -2.95. The van der Waals surface area contributed by atoms with Gasteiger partial charge in [0, 0.05) is 23.7 Å². The molecule has 0 bridgehead atoms. The molecule has 0 saturated heterocycles. The molecule has 2 heterocycles. The van der Waals surface area contributed by atoms with Gasteiger partial charge in [0.25, 0.3) is 0 Å². The van der Waals surface area contributed by atoms with Crippen molar-refractivity contribution in [1.29, 1.82) is 0 Å². The third kappa shape index (κ3) is 4.39. The first-order chi connectivity index (χ1) is 13.8. The van der Waals surface area contributed by atoms with Gasteiger partial charge in [0.1, 0.15) is 6.10 Å². The standard InChI is InChI=1S/C18H23N5O5S/c1-10(2)19-18(24)27-12-7-6-11(8-12)15-9-16(22-21-15)20-13-4-3-5-14-17(13)28-29(25,26)23-14/h3-5,9-12,23H,6-8H2,1-2H3,(H,19,24)(H2,20,21,22)/t11-,12+/m0/s1. The molecule has 1 amide bonds.